The summed E-state index contributed by atoms with van der Waals surface area (Å²) in [4.78, 5) is 6.60. The van der Waals surface area contributed by atoms with Gasteiger partial charge in [0.25, 0.3) is 0 Å². The van der Waals surface area contributed by atoms with Crippen LogP contribution in [0.1, 0.15) is 33.6 Å². The Labute approximate surface area is 92.5 Å². The van der Waals surface area contributed by atoms with Crippen molar-refractivity contribution in [2.75, 3.05) is 20.3 Å². The Morgan fingerprint density at radius 1 is 1.67 bits per heavy atom. The molecule has 4 nitrogen and oxygen atoms in total. The average molecular weight is 213 g/mol. The summed E-state index contributed by atoms with van der Waals surface area (Å²) in [6.45, 7) is 8.12. The summed E-state index contributed by atoms with van der Waals surface area (Å²) in [5.41, 5.74) is 5.98. The molecule has 15 heavy (non-hydrogen) atoms. The third-order valence-corrected chi connectivity index (χ3v) is 3.29. The van der Waals surface area contributed by atoms with E-state index in [0.29, 0.717) is 12.0 Å². The zero-order valence-electron chi connectivity index (χ0n) is 10.3. The molecule has 0 saturated heterocycles. The highest BCUT2D eigenvalue weighted by atomic mass is 16.5. The zero-order chi connectivity index (χ0) is 11.5. The van der Waals surface area contributed by atoms with Crippen LogP contribution in [-0.4, -0.2) is 42.7 Å². The number of hydrogen-bond acceptors (Lipinski definition) is 4. The van der Waals surface area contributed by atoms with Crippen LogP contribution in [0, 0.1) is 0 Å². The third-order valence-electron chi connectivity index (χ3n) is 3.29. The highest BCUT2D eigenvalue weighted by Crippen LogP contribution is 2.28. The van der Waals surface area contributed by atoms with E-state index in [-0.39, 0.29) is 5.54 Å². The molecular weight excluding hydrogens is 190 g/mol. The normalized spacial score (nSPS) is 28.0. The van der Waals surface area contributed by atoms with Gasteiger partial charge in [-0.2, -0.15) is 0 Å². The first kappa shape index (κ1) is 12.3. The Morgan fingerprint density at radius 2 is 2.33 bits per heavy atom. The van der Waals surface area contributed by atoms with E-state index in [9.17, 15) is 0 Å². The summed E-state index contributed by atoms with van der Waals surface area (Å²) in [7, 11) is 1.73. The fourth-order valence-corrected chi connectivity index (χ4v) is 2.14. The molecular formula is C11H23N3O. The van der Waals surface area contributed by atoms with Gasteiger partial charge in [0.1, 0.15) is 0 Å². The standard InChI is InChI=1S/C11H23N3O/c1-5-9(2)14-10(12)13-8-11(14,3)6-7-15-4/h9H,5-8H2,1-4H3,(H2,12,13). The molecule has 0 fully saturated rings. The van der Waals surface area contributed by atoms with Crippen molar-refractivity contribution in [3.8, 4) is 0 Å². The van der Waals surface area contributed by atoms with E-state index in [4.69, 9.17) is 10.5 Å². The first-order valence-corrected chi connectivity index (χ1v) is 5.63. The molecule has 0 bridgehead atoms. The largest absolute Gasteiger partial charge is 0.385 e. The number of rotatable bonds is 5. The molecule has 88 valence electrons. The minimum atomic E-state index is 0.0372. The number of methoxy groups -OCH3 is 1. The van der Waals surface area contributed by atoms with Gasteiger partial charge in [-0.05, 0) is 26.7 Å². The maximum Gasteiger partial charge on any atom is 0.192 e. The van der Waals surface area contributed by atoms with Crippen molar-refractivity contribution in [3.63, 3.8) is 0 Å². The van der Waals surface area contributed by atoms with E-state index in [1.54, 1.807) is 7.11 Å². The molecule has 0 saturated carbocycles. The minimum Gasteiger partial charge on any atom is -0.385 e. The van der Waals surface area contributed by atoms with E-state index >= 15 is 0 Å². The summed E-state index contributed by atoms with van der Waals surface area (Å²) >= 11 is 0. The summed E-state index contributed by atoms with van der Waals surface area (Å²) in [6.07, 6.45) is 2.05. The van der Waals surface area contributed by atoms with Gasteiger partial charge in [-0.1, -0.05) is 6.92 Å². The van der Waals surface area contributed by atoms with Crippen molar-refractivity contribution in [1.29, 1.82) is 0 Å². The maximum absolute atomic E-state index is 5.94. The van der Waals surface area contributed by atoms with Gasteiger partial charge in [-0.25, -0.2) is 0 Å². The lowest BCUT2D eigenvalue weighted by atomic mass is 9.95. The fourth-order valence-electron chi connectivity index (χ4n) is 2.14. The van der Waals surface area contributed by atoms with Crippen LogP contribution in [-0.2, 0) is 4.74 Å². The van der Waals surface area contributed by atoms with Crippen LogP contribution in [0.4, 0.5) is 0 Å². The molecule has 0 radical (unpaired) electrons. The van der Waals surface area contributed by atoms with E-state index in [1.807, 2.05) is 0 Å². The number of ether oxygens (including phenoxy) is 1. The number of nitrogens with zero attached hydrogens (tertiary/aromatic N) is 2. The predicted molar refractivity (Wildman–Crippen MR) is 63.0 cm³/mol. The Balaban J connectivity index is 2.73. The first-order valence-electron chi connectivity index (χ1n) is 5.63. The van der Waals surface area contributed by atoms with Crippen LogP contribution in [0.3, 0.4) is 0 Å². The Morgan fingerprint density at radius 3 is 2.87 bits per heavy atom. The fraction of sp³-hybridized carbons (Fsp3) is 0.909. The third kappa shape index (κ3) is 2.43. The molecule has 0 spiro atoms. The Bertz CT molecular complexity index is 242. The predicted octanol–water partition coefficient (Wildman–Crippen LogP) is 1.21. The molecule has 0 aliphatic carbocycles. The molecule has 1 rings (SSSR count). The van der Waals surface area contributed by atoms with E-state index in [0.717, 1.165) is 26.0 Å². The molecule has 0 aromatic rings. The van der Waals surface area contributed by atoms with Crippen LogP contribution >= 0.6 is 0 Å². The smallest absolute Gasteiger partial charge is 0.192 e. The van der Waals surface area contributed by atoms with Crippen molar-refractivity contribution in [1.82, 2.24) is 4.90 Å². The molecule has 1 aliphatic heterocycles. The minimum absolute atomic E-state index is 0.0372. The highest BCUT2D eigenvalue weighted by Gasteiger charge is 2.39. The van der Waals surface area contributed by atoms with Gasteiger partial charge in [-0.15, -0.1) is 0 Å². The van der Waals surface area contributed by atoms with Gasteiger partial charge in [0.15, 0.2) is 5.96 Å². The summed E-state index contributed by atoms with van der Waals surface area (Å²) in [5, 5.41) is 0. The summed E-state index contributed by atoms with van der Waals surface area (Å²) in [6, 6.07) is 0.443. The zero-order valence-corrected chi connectivity index (χ0v) is 10.3. The molecule has 2 unspecified atom stereocenters. The Hall–Kier alpha value is -0.770. The lowest BCUT2D eigenvalue weighted by Gasteiger charge is -2.40. The lowest BCUT2D eigenvalue weighted by molar-refractivity contribution is 0.107. The van der Waals surface area contributed by atoms with Crippen LogP contribution in [0.2, 0.25) is 0 Å². The second-order valence-corrected chi connectivity index (χ2v) is 4.54. The molecule has 0 aromatic heterocycles. The summed E-state index contributed by atoms with van der Waals surface area (Å²) < 4.78 is 5.15. The average Bonchev–Trinajstić information content (AvgIpc) is 2.52. The number of hydrogen-bond donors (Lipinski definition) is 1. The van der Waals surface area contributed by atoms with Gasteiger partial charge in [0.2, 0.25) is 0 Å². The topological polar surface area (TPSA) is 50.8 Å². The van der Waals surface area contributed by atoms with Crippen molar-refractivity contribution in [2.24, 2.45) is 10.7 Å². The van der Waals surface area contributed by atoms with E-state index < -0.39 is 0 Å². The van der Waals surface area contributed by atoms with Gasteiger partial charge in [0.05, 0.1) is 12.1 Å². The number of nitrogens with two attached hydrogens (primary N) is 1. The lowest BCUT2D eigenvalue weighted by Crippen LogP contribution is -2.54. The van der Waals surface area contributed by atoms with Crippen molar-refractivity contribution >= 4 is 5.96 Å². The van der Waals surface area contributed by atoms with Crippen molar-refractivity contribution < 1.29 is 4.74 Å². The monoisotopic (exact) mass is 213 g/mol. The van der Waals surface area contributed by atoms with Gasteiger partial charge in [0, 0.05) is 19.8 Å². The molecule has 2 N–H and O–H groups in total. The first-order chi connectivity index (χ1) is 7.05. The van der Waals surface area contributed by atoms with E-state index in [2.05, 4.69) is 30.7 Å². The van der Waals surface area contributed by atoms with Crippen LogP contribution in [0.25, 0.3) is 0 Å². The second-order valence-electron chi connectivity index (χ2n) is 4.54. The van der Waals surface area contributed by atoms with E-state index in [1.165, 1.54) is 0 Å². The molecule has 0 aromatic carbocycles. The molecule has 0 amide bonds. The quantitative estimate of drug-likeness (QED) is 0.747. The summed E-state index contributed by atoms with van der Waals surface area (Å²) in [5.74, 6) is 0.683. The van der Waals surface area contributed by atoms with Crippen molar-refractivity contribution in [3.05, 3.63) is 0 Å². The van der Waals surface area contributed by atoms with Crippen molar-refractivity contribution in [2.45, 2.75) is 45.2 Å². The highest BCUT2D eigenvalue weighted by molar-refractivity contribution is 5.81. The molecule has 4 heteroatoms. The van der Waals surface area contributed by atoms with Crippen LogP contribution < -0.4 is 5.73 Å². The maximum atomic E-state index is 5.94. The SMILES string of the molecule is CCC(C)N1C(N)=NCC1(C)CCOC. The number of aliphatic imine (C=N–C) groups is 1. The molecule has 2 atom stereocenters. The second kappa shape index (κ2) is 4.84. The van der Waals surface area contributed by atoms with Crippen LogP contribution in [0.5, 0.6) is 0 Å². The van der Waals surface area contributed by atoms with Gasteiger partial charge in [-0.3, -0.25) is 4.99 Å². The van der Waals surface area contributed by atoms with Gasteiger partial charge < -0.3 is 15.4 Å². The van der Waals surface area contributed by atoms with Crippen LogP contribution in [0.15, 0.2) is 4.99 Å². The number of guanidine groups is 1. The Kier molecular flexibility index (Phi) is 3.97. The van der Waals surface area contributed by atoms with Gasteiger partial charge >= 0.3 is 0 Å². The molecule has 1 heterocycles. The molecule has 1 aliphatic rings.